The molecule has 1 aliphatic heterocycles. The Morgan fingerprint density at radius 3 is 1.68 bits per heavy atom. The molecule has 3 aliphatic carbocycles. The molecule has 2 saturated carbocycles. The van der Waals surface area contributed by atoms with Crippen molar-refractivity contribution in [1.29, 1.82) is 0 Å². The largest absolute Gasteiger partial charge is 0.393 e. The molecule has 3 heteroatoms. The summed E-state index contributed by atoms with van der Waals surface area (Å²) in [6, 6.07) is 0. The van der Waals surface area contributed by atoms with Crippen molar-refractivity contribution in [3.63, 3.8) is 0 Å². The molecular formula is C16H20O3. The molecule has 3 nitrogen and oxygen atoms in total. The highest BCUT2D eigenvalue weighted by molar-refractivity contribution is 5.97. The van der Waals surface area contributed by atoms with Gasteiger partial charge in [-0.2, -0.15) is 0 Å². The van der Waals surface area contributed by atoms with E-state index in [1.54, 1.807) is 11.1 Å². The molecule has 1 saturated heterocycles. The Hall–Kier alpha value is -1.12. The second kappa shape index (κ2) is 4.19. The van der Waals surface area contributed by atoms with Gasteiger partial charge in [0.15, 0.2) is 0 Å². The van der Waals surface area contributed by atoms with Crippen LogP contribution in [0.3, 0.4) is 0 Å². The fraction of sp³-hybridized carbons (Fsp3) is 0.750. The zero-order valence-corrected chi connectivity index (χ0v) is 11.2. The van der Waals surface area contributed by atoms with E-state index in [-0.39, 0.29) is 23.8 Å². The molecule has 0 aromatic carbocycles. The van der Waals surface area contributed by atoms with E-state index in [0.29, 0.717) is 11.8 Å². The van der Waals surface area contributed by atoms with Gasteiger partial charge >= 0.3 is 11.9 Å². The average Bonchev–Trinajstić information content (AvgIpc) is 2.75. The van der Waals surface area contributed by atoms with E-state index in [2.05, 4.69) is 0 Å². The highest BCUT2D eigenvalue weighted by atomic mass is 16.6. The van der Waals surface area contributed by atoms with Gasteiger partial charge in [0.1, 0.15) is 0 Å². The molecular weight excluding hydrogens is 240 g/mol. The van der Waals surface area contributed by atoms with Gasteiger partial charge in [0.05, 0.1) is 11.8 Å². The van der Waals surface area contributed by atoms with Crippen molar-refractivity contribution in [2.45, 2.75) is 51.4 Å². The van der Waals surface area contributed by atoms with Gasteiger partial charge in [0.2, 0.25) is 0 Å². The monoisotopic (exact) mass is 260 g/mol. The molecule has 19 heavy (non-hydrogen) atoms. The highest BCUT2D eigenvalue weighted by Crippen LogP contribution is 2.55. The number of esters is 2. The number of hydrogen-bond acceptors (Lipinski definition) is 3. The van der Waals surface area contributed by atoms with Crippen LogP contribution in [0.15, 0.2) is 11.1 Å². The summed E-state index contributed by atoms with van der Waals surface area (Å²) < 4.78 is 5.00. The lowest BCUT2D eigenvalue weighted by Gasteiger charge is -2.43. The van der Waals surface area contributed by atoms with E-state index in [0.717, 1.165) is 25.7 Å². The maximum atomic E-state index is 12.1. The molecule has 0 unspecified atom stereocenters. The number of hydrogen-bond donors (Lipinski definition) is 0. The third kappa shape index (κ3) is 1.56. The van der Waals surface area contributed by atoms with Crippen LogP contribution >= 0.6 is 0 Å². The average molecular weight is 260 g/mol. The maximum Gasteiger partial charge on any atom is 0.318 e. The van der Waals surface area contributed by atoms with Crippen LogP contribution < -0.4 is 0 Å². The molecule has 0 N–H and O–H groups in total. The summed E-state index contributed by atoms with van der Waals surface area (Å²) in [6.45, 7) is 0. The van der Waals surface area contributed by atoms with Gasteiger partial charge in [0, 0.05) is 0 Å². The molecule has 4 atom stereocenters. The third-order valence-corrected chi connectivity index (χ3v) is 5.73. The quantitative estimate of drug-likeness (QED) is 0.382. The minimum Gasteiger partial charge on any atom is -0.393 e. The molecule has 0 aromatic rings. The fourth-order valence-corrected chi connectivity index (χ4v) is 5.03. The summed E-state index contributed by atoms with van der Waals surface area (Å²) in [6.07, 6.45) is 9.35. The molecule has 0 radical (unpaired) electrons. The van der Waals surface area contributed by atoms with Crippen LogP contribution in [-0.2, 0) is 14.3 Å². The van der Waals surface area contributed by atoms with E-state index in [9.17, 15) is 9.59 Å². The topological polar surface area (TPSA) is 43.4 Å². The minimum absolute atomic E-state index is 0.144. The van der Waals surface area contributed by atoms with Crippen LogP contribution in [0, 0.1) is 23.7 Å². The summed E-state index contributed by atoms with van der Waals surface area (Å²) in [7, 11) is 0. The van der Waals surface area contributed by atoms with Crippen LogP contribution in [0.4, 0.5) is 0 Å². The van der Waals surface area contributed by atoms with Crippen molar-refractivity contribution in [1.82, 2.24) is 0 Å². The van der Waals surface area contributed by atoms with Crippen molar-refractivity contribution >= 4 is 11.9 Å². The SMILES string of the molecule is O=C1OC(=O)[C@H]2[C@@H]1[C@@H]1CCCCC1=C1CCCC[C@H]12. The van der Waals surface area contributed by atoms with Crippen LogP contribution in [-0.4, -0.2) is 11.9 Å². The van der Waals surface area contributed by atoms with Gasteiger partial charge in [-0.25, -0.2) is 0 Å². The minimum atomic E-state index is -0.232. The Kier molecular flexibility index (Phi) is 2.58. The fourth-order valence-electron chi connectivity index (χ4n) is 5.03. The molecule has 4 aliphatic rings. The summed E-state index contributed by atoms with van der Waals surface area (Å²) in [5.74, 6) is -0.110. The first-order valence-electron chi connectivity index (χ1n) is 7.74. The summed E-state index contributed by atoms with van der Waals surface area (Å²) >= 11 is 0. The van der Waals surface area contributed by atoms with E-state index < -0.39 is 0 Å². The van der Waals surface area contributed by atoms with Gasteiger partial charge in [-0.1, -0.05) is 24.0 Å². The van der Waals surface area contributed by atoms with E-state index in [4.69, 9.17) is 4.74 Å². The lowest BCUT2D eigenvalue weighted by molar-refractivity contribution is -0.154. The zero-order chi connectivity index (χ0) is 13.0. The number of fused-ring (bicyclic) bond motifs is 5. The maximum absolute atomic E-state index is 12.1. The van der Waals surface area contributed by atoms with Crippen molar-refractivity contribution in [3.05, 3.63) is 11.1 Å². The number of ether oxygens (including phenoxy) is 1. The second-order valence-electron chi connectivity index (χ2n) is 6.55. The zero-order valence-electron chi connectivity index (χ0n) is 11.2. The summed E-state index contributed by atoms with van der Waals surface area (Å²) in [4.78, 5) is 24.2. The van der Waals surface area contributed by atoms with Crippen LogP contribution in [0.5, 0.6) is 0 Å². The molecule has 3 fully saturated rings. The Balaban J connectivity index is 1.83. The number of cyclic esters (lactones) is 2. The molecule has 0 spiro atoms. The number of carbonyl (C=O) groups excluding carboxylic acids is 2. The van der Waals surface area contributed by atoms with Crippen LogP contribution in [0.2, 0.25) is 0 Å². The predicted octanol–water partition coefficient (Wildman–Crippen LogP) is 2.99. The first kappa shape index (κ1) is 11.7. The molecule has 0 amide bonds. The summed E-state index contributed by atoms with van der Waals surface area (Å²) in [5, 5.41) is 0. The Morgan fingerprint density at radius 2 is 1.21 bits per heavy atom. The number of allylic oxidation sites excluding steroid dienone is 2. The number of carbonyl (C=O) groups is 2. The molecule has 0 bridgehead atoms. The number of rotatable bonds is 0. The van der Waals surface area contributed by atoms with E-state index in [1.807, 2.05) is 0 Å². The van der Waals surface area contributed by atoms with Gasteiger partial charge in [0.25, 0.3) is 0 Å². The molecule has 1 heterocycles. The molecule has 4 rings (SSSR count). The first-order chi connectivity index (χ1) is 9.27. The lowest BCUT2D eigenvalue weighted by Crippen LogP contribution is -2.41. The highest BCUT2D eigenvalue weighted by Gasteiger charge is 2.56. The first-order valence-corrected chi connectivity index (χ1v) is 7.74. The Morgan fingerprint density at radius 1 is 0.737 bits per heavy atom. The Labute approximate surface area is 113 Å². The second-order valence-corrected chi connectivity index (χ2v) is 6.55. The van der Waals surface area contributed by atoms with E-state index >= 15 is 0 Å². The van der Waals surface area contributed by atoms with Crippen LogP contribution in [0.25, 0.3) is 0 Å². The van der Waals surface area contributed by atoms with Gasteiger partial charge in [-0.15, -0.1) is 0 Å². The van der Waals surface area contributed by atoms with Crippen molar-refractivity contribution in [2.24, 2.45) is 23.7 Å². The van der Waals surface area contributed by atoms with Crippen LogP contribution in [0.1, 0.15) is 51.4 Å². The van der Waals surface area contributed by atoms with Crippen molar-refractivity contribution in [2.75, 3.05) is 0 Å². The molecule has 102 valence electrons. The Bertz CT molecular complexity index is 434. The normalized spacial score (nSPS) is 41.5. The van der Waals surface area contributed by atoms with Crippen molar-refractivity contribution < 1.29 is 14.3 Å². The van der Waals surface area contributed by atoms with Crippen molar-refractivity contribution in [3.8, 4) is 0 Å². The van der Waals surface area contributed by atoms with Gasteiger partial charge in [-0.3, -0.25) is 9.59 Å². The third-order valence-electron chi connectivity index (χ3n) is 5.73. The van der Waals surface area contributed by atoms with Gasteiger partial charge in [-0.05, 0) is 50.4 Å². The summed E-state index contributed by atoms with van der Waals surface area (Å²) in [5.41, 5.74) is 3.09. The molecule has 0 aromatic heterocycles. The standard InChI is InChI=1S/C16H20O3/c17-15-13-11-7-3-1-5-9(11)10-6-2-4-8-12(10)14(13)16(18)19-15/h11-14H,1-8H2/t11-,12-,13-,14+/m1/s1. The smallest absolute Gasteiger partial charge is 0.318 e. The van der Waals surface area contributed by atoms with Gasteiger partial charge < -0.3 is 4.74 Å². The van der Waals surface area contributed by atoms with E-state index in [1.165, 1.54) is 25.7 Å². The lowest BCUT2D eigenvalue weighted by atomic mass is 9.58. The predicted molar refractivity (Wildman–Crippen MR) is 69.0 cm³/mol.